The van der Waals surface area contributed by atoms with Gasteiger partial charge >= 0.3 is 5.97 Å². The first-order valence-corrected chi connectivity index (χ1v) is 9.57. The third kappa shape index (κ3) is 4.07. The summed E-state index contributed by atoms with van der Waals surface area (Å²) >= 11 is 0. The molecule has 1 N–H and O–H groups in total. The number of rotatable bonds is 5. The number of likely N-dealkylation sites (tertiary alicyclic amines) is 2. The number of carboxylic acids is 1. The normalized spacial score (nSPS) is 20.6. The van der Waals surface area contributed by atoms with Crippen LogP contribution in [0.2, 0.25) is 0 Å². The number of amides is 2. The molecule has 27 heavy (non-hydrogen) atoms. The van der Waals surface area contributed by atoms with Crippen molar-refractivity contribution in [1.82, 2.24) is 9.80 Å². The molecule has 0 aliphatic carbocycles. The Morgan fingerprint density at radius 3 is 2.48 bits per heavy atom. The molecule has 2 aliphatic heterocycles. The van der Waals surface area contributed by atoms with E-state index in [4.69, 9.17) is 9.84 Å². The van der Waals surface area contributed by atoms with Gasteiger partial charge in [0, 0.05) is 19.6 Å². The average molecular weight is 374 g/mol. The van der Waals surface area contributed by atoms with E-state index in [1.165, 1.54) is 0 Å². The van der Waals surface area contributed by atoms with E-state index in [-0.39, 0.29) is 17.7 Å². The molecule has 1 unspecified atom stereocenters. The molecule has 0 saturated carbocycles. The Bertz CT molecular complexity index is 712. The topological polar surface area (TPSA) is 87.2 Å². The molecule has 2 heterocycles. The van der Waals surface area contributed by atoms with Crippen LogP contribution in [0.5, 0.6) is 5.75 Å². The number of ether oxygens (including phenoxy) is 1. The molecule has 146 valence electrons. The first-order chi connectivity index (χ1) is 13.0. The number of hydrogen-bond donors (Lipinski definition) is 1. The molecule has 7 nitrogen and oxygen atoms in total. The third-order valence-corrected chi connectivity index (χ3v) is 5.37. The summed E-state index contributed by atoms with van der Waals surface area (Å²) < 4.78 is 5.57. The fraction of sp³-hybridized carbons (Fsp3) is 0.550. The van der Waals surface area contributed by atoms with Crippen molar-refractivity contribution in [3.05, 3.63) is 29.8 Å². The van der Waals surface area contributed by atoms with E-state index in [9.17, 15) is 14.4 Å². The van der Waals surface area contributed by atoms with Gasteiger partial charge in [0.1, 0.15) is 11.8 Å². The lowest BCUT2D eigenvalue weighted by Crippen LogP contribution is -2.50. The summed E-state index contributed by atoms with van der Waals surface area (Å²) in [4.78, 5) is 40.5. The summed E-state index contributed by atoms with van der Waals surface area (Å²) in [6, 6.07) is 6.63. The smallest absolute Gasteiger partial charge is 0.306 e. The van der Waals surface area contributed by atoms with Crippen LogP contribution in [0.3, 0.4) is 0 Å². The molecule has 1 atom stereocenters. The van der Waals surface area contributed by atoms with E-state index in [0.717, 1.165) is 6.42 Å². The molecule has 2 aliphatic rings. The van der Waals surface area contributed by atoms with Crippen molar-refractivity contribution in [3.8, 4) is 5.75 Å². The van der Waals surface area contributed by atoms with Gasteiger partial charge in [-0.25, -0.2) is 0 Å². The lowest BCUT2D eigenvalue weighted by atomic mass is 9.96. The zero-order valence-corrected chi connectivity index (χ0v) is 15.6. The van der Waals surface area contributed by atoms with Crippen molar-refractivity contribution in [2.75, 3.05) is 26.2 Å². The SMILES string of the molecule is CCOc1ccccc1C(=O)N1CCCC1C(=O)N1CCC(C(=O)O)CC1. The molecule has 0 spiro atoms. The summed E-state index contributed by atoms with van der Waals surface area (Å²) in [5.74, 6) is -0.903. The lowest BCUT2D eigenvalue weighted by Gasteiger charge is -2.34. The molecule has 0 bridgehead atoms. The van der Waals surface area contributed by atoms with Crippen molar-refractivity contribution < 1.29 is 24.2 Å². The minimum atomic E-state index is -0.799. The second-order valence-electron chi connectivity index (χ2n) is 7.02. The van der Waals surface area contributed by atoms with E-state index < -0.39 is 12.0 Å². The van der Waals surface area contributed by atoms with Gasteiger partial charge in [-0.3, -0.25) is 14.4 Å². The second-order valence-corrected chi connectivity index (χ2v) is 7.02. The predicted octanol–water partition coefficient (Wildman–Crippen LogP) is 2.01. The maximum atomic E-state index is 13.1. The molecule has 0 aromatic heterocycles. The van der Waals surface area contributed by atoms with Gasteiger partial charge in [-0.15, -0.1) is 0 Å². The Morgan fingerprint density at radius 1 is 1.11 bits per heavy atom. The molecule has 1 aromatic rings. The molecule has 2 amide bonds. The van der Waals surface area contributed by atoms with Crippen LogP contribution in [0.25, 0.3) is 0 Å². The van der Waals surface area contributed by atoms with Crippen molar-refractivity contribution in [3.63, 3.8) is 0 Å². The van der Waals surface area contributed by atoms with E-state index >= 15 is 0 Å². The molecule has 1 aromatic carbocycles. The van der Waals surface area contributed by atoms with Crippen molar-refractivity contribution in [2.45, 2.75) is 38.6 Å². The highest BCUT2D eigenvalue weighted by atomic mass is 16.5. The molecule has 3 rings (SSSR count). The Hall–Kier alpha value is -2.57. The summed E-state index contributed by atoms with van der Waals surface area (Å²) in [5, 5.41) is 9.12. The number of nitrogens with zero attached hydrogens (tertiary/aromatic N) is 2. The van der Waals surface area contributed by atoms with Crippen LogP contribution in [0.1, 0.15) is 43.0 Å². The number of benzene rings is 1. The van der Waals surface area contributed by atoms with Gasteiger partial charge < -0.3 is 19.6 Å². The van der Waals surface area contributed by atoms with Crippen LogP contribution in [0, 0.1) is 5.92 Å². The van der Waals surface area contributed by atoms with E-state index in [2.05, 4.69) is 0 Å². The highest BCUT2D eigenvalue weighted by molar-refractivity contribution is 6.00. The number of carbonyl (C=O) groups excluding carboxylic acids is 2. The summed E-state index contributed by atoms with van der Waals surface area (Å²) in [6.07, 6.45) is 2.36. The molecule has 2 fully saturated rings. The van der Waals surface area contributed by atoms with E-state index in [1.54, 1.807) is 28.0 Å². The highest BCUT2D eigenvalue weighted by Gasteiger charge is 2.39. The zero-order chi connectivity index (χ0) is 19.4. The monoisotopic (exact) mass is 374 g/mol. The van der Waals surface area contributed by atoms with Gasteiger partial charge in [-0.05, 0) is 44.7 Å². The first kappa shape index (κ1) is 19.2. The average Bonchev–Trinajstić information content (AvgIpc) is 3.17. The Balaban J connectivity index is 1.71. The van der Waals surface area contributed by atoms with Gasteiger partial charge in [0.05, 0.1) is 18.1 Å². The standard InChI is InChI=1S/C20H26N2O5/c1-2-27-17-8-4-3-6-15(17)18(23)22-11-5-7-16(22)19(24)21-12-9-14(10-13-21)20(25)26/h3-4,6,8,14,16H,2,5,7,9-13H2,1H3,(H,25,26). The Morgan fingerprint density at radius 2 is 1.81 bits per heavy atom. The number of carbonyl (C=O) groups is 3. The minimum Gasteiger partial charge on any atom is -0.493 e. The van der Waals surface area contributed by atoms with Crippen LogP contribution in [0.15, 0.2) is 24.3 Å². The van der Waals surface area contributed by atoms with Gasteiger partial charge in [0.15, 0.2) is 0 Å². The maximum Gasteiger partial charge on any atom is 0.306 e. The number of piperidine rings is 1. The summed E-state index contributed by atoms with van der Waals surface area (Å²) in [5.41, 5.74) is 0.476. The molecule has 2 saturated heterocycles. The van der Waals surface area contributed by atoms with Crippen LogP contribution < -0.4 is 4.74 Å². The van der Waals surface area contributed by atoms with Crippen LogP contribution in [-0.4, -0.2) is 65.0 Å². The number of carboxylic acid groups (broad SMARTS) is 1. The fourth-order valence-electron chi connectivity index (χ4n) is 3.90. The molecule has 7 heteroatoms. The lowest BCUT2D eigenvalue weighted by molar-refractivity contribution is -0.146. The quantitative estimate of drug-likeness (QED) is 0.852. The van der Waals surface area contributed by atoms with Crippen molar-refractivity contribution in [1.29, 1.82) is 0 Å². The summed E-state index contributed by atoms with van der Waals surface area (Å²) in [7, 11) is 0. The largest absolute Gasteiger partial charge is 0.493 e. The van der Waals surface area contributed by atoms with Gasteiger partial charge in [-0.2, -0.15) is 0 Å². The Labute approximate surface area is 158 Å². The molecular formula is C20H26N2O5. The van der Waals surface area contributed by atoms with E-state index in [1.807, 2.05) is 13.0 Å². The predicted molar refractivity (Wildman–Crippen MR) is 98.6 cm³/mol. The number of hydrogen-bond acceptors (Lipinski definition) is 4. The number of para-hydroxylation sites is 1. The van der Waals surface area contributed by atoms with Crippen molar-refractivity contribution in [2.24, 2.45) is 5.92 Å². The summed E-state index contributed by atoms with van der Waals surface area (Å²) in [6.45, 7) is 3.74. The van der Waals surface area contributed by atoms with Crippen LogP contribution in [0.4, 0.5) is 0 Å². The van der Waals surface area contributed by atoms with Gasteiger partial charge in [-0.1, -0.05) is 12.1 Å². The van der Waals surface area contributed by atoms with Crippen LogP contribution >= 0.6 is 0 Å². The van der Waals surface area contributed by atoms with E-state index in [0.29, 0.717) is 56.8 Å². The fourth-order valence-corrected chi connectivity index (χ4v) is 3.90. The second kappa shape index (κ2) is 8.41. The molecule has 0 radical (unpaired) electrons. The van der Waals surface area contributed by atoms with Gasteiger partial charge in [0.2, 0.25) is 5.91 Å². The maximum absolute atomic E-state index is 13.1. The van der Waals surface area contributed by atoms with Crippen LogP contribution in [-0.2, 0) is 9.59 Å². The van der Waals surface area contributed by atoms with Gasteiger partial charge in [0.25, 0.3) is 5.91 Å². The van der Waals surface area contributed by atoms with Crippen molar-refractivity contribution >= 4 is 17.8 Å². The number of aliphatic carboxylic acids is 1. The zero-order valence-electron chi connectivity index (χ0n) is 15.6. The Kier molecular flexibility index (Phi) is 5.98. The first-order valence-electron chi connectivity index (χ1n) is 9.57. The highest BCUT2D eigenvalue weighted by Crippen LogP contribution is 2.27. The third-order valence-electron chi connectivity index (χ3n) is 5.37. The molecular weight excluding hydrogens is 348 g/mol. The minimum absolute atomic E-state index is 0.0708.